The molecule has 16 heavy (non-hydrogen) atoms. The normalized spacial score (nSPS) is 12.2. The quantitative estimate of drug-likeness (QED) is 0.580. The van der Waals surface area contributed by atoms with Gasteiger partial charge in [0, 0.05) is 12.0 Å². The molecule has 0 radical (unpaired) electrons. The standard InChI is InChI=1S/C13H15FO2/c1-4-10(15)12(14)13(16)11-8(2)6-5-7-9(11)3/h5-7,12H,4H2,1-3H3. The summed E-state index contributed by atoms with van der Waals surface area (Å²) in [4.78, 5) is 22.9. The van der Waals surface area contributed by atoms with Crippen molar-refractivity contribution in [2.45, 2.75) is 33.4 Å². The number of hydrogen-bond donors (Lipinski definition) is 0. The third-order valence-electron chi connectivity index (χ3n) is 2.59. The average Bonchev–Trinajstić information content (AvgIpc) is 2.26. The van der Waals surface area contributed by atoms with Crippen molar-refractivity contribution in [1.29, 1.82) is 0 Å². The largest absolute Gasteiger partial charge is 0.296 e. The predicted octanol–water partition coefficient (Wildman–Crippen LogP) is 2.80. The number of carbonyl (C=O) groups excluding carboxylic acids is 2. The van der Waals surface area contributed by atoms with Gasteiger partial charge in [-0.05, 0) is 25.0 Å². The van der Waals surface area contributed by atoms with E-state index in [1.807, 2.05) is 0 Å². The smallest absolute Gasteiger partial charge is 0.220 e. The van der Waals surface area contributed by atoms with Gasteiger partial charge in [-0.25, -0.2) is 4.39 Å². The van der Waals surface area contributed by atoms with E-state index in [1.54, 1.807) is 39.0 Å². The number of alkyl halides is 1. The zero-order valence-corrected chi connectivity index (χ0v) is 9.71. The van der Waals surface area contributed by atoms with Gasteiger partial charge in [0.05, 0.1) is 0 Å². The molecule has 1 unspecified atom stereocenters. The van der Waals surface area contributed by atoms with Gasteiger partial charge in [-0.2, -0.15) is 0 Å². The zero-order chi connectivity index (χ0) is 12.3. The molecule has 0 bridgehead atoms. The average molecular weight is 222 g/mol. The highest BCUT2D eigenvalue weighted by Gasteiger charge is 2.27. The Morgan fingerprint density at radius 3 is 2.19 bits per heavy atom. The van der Waals surface area contributed by atoms with Crippen molar-refractivity contribution in [3.05, 3.63) is 34.9 Å². The highest BCUT2D eigenvalue weighted by atomic mass is 19.1. The lowest BCUT2D eigenvalue weighted by atomic mass is 9.95. The molecule has 0 amide bonds. The Balaban J connectivity index is 3.10. The zero-order valence-electron chi connectivity index (χ0n) is 9.71. The van der Waals surface area contributed by atoms with Crippen LogP contribution in [0.5, 0.6) is 0 Å². The molecule has 0 heterocycles. The van der Waals surface area contributed by atoms with Crippen molar-refractivity contribution in [2.24, 2.45) is 0 Å². The Morgan fingerprint density at radius 2 is 1.75 bits per heavy atom. The first-order valence-electron chi connectivity index (χ1n) is 5.26. The number of carbonyl (C=O) groups is 2. The molecule has 0 aliphatic rings. The van der Waals surface area contributed by atoms with Crippen LogP contribution in [0.1, 0.15) is 34.8 Å². The van der Waals surface area contributed by atoms with Gasteiger partial charge >= 0.3 is 0 Å². The summed E-state index contributed by atoms with van der Waals surface area (Å²) in [6.45, 7) is 5.03. The van der Waals surface area contributed by atoms with Crippen molar-refractivity contribution >= 4 is 11.6 Å². The highest BCUT2D eigenvalue weighted by Crippen LogP contribution is 2.17. The lowest BCUT2D eigenvalue weighted by Gasteiger charge is -2.10. The Kier molecular flexibility index (Phi) is 3.93. The molecule has 1 aromatic carbocycles. The van der Waals surface area contributed by atoms with Crippen LogP contribution in [0.3, 0.4) is 0 Å². The maximum absolute atomic E-state index is 13.5. The van der Waals surface area contributed by atoms with Crippen LogP contribution in [0.4, 0.5) is 4.39 Å². The van der Waals surface area contributed by atoms with Crippen LogP contribution in [0.25, 0.3) is 0 Å². The van der Waals surface area contributed by atoms with Crippen LogP contribution in [0.15, 0.2) is 18.2 Å². The van der Waals surface area contributed by atoms with Gasteiger partial charge in [-0.1, -0.05) is 25.1 Å². The molecular weight excluding hydrogens is 207 g/mol. The lowest BCUT2D eigenvalue weighted by Crippen LogP contribution is -2.26. The van der Waals surface area contributed by atoms with E-state index >= 15 is 0 Å². The van der Waals surface area contributed by atoms with E-state index in [0.717, 1.165) is 0 Å². The minimum atomic E-state index is -2.02. The summed E-state index contributed by atoms with van der Waals surface area (Å²) in [5, 5.41) is 0. The second kappa shape index (κ2) is 5.01. The number of ketones is 2. The fourth-order valence-corrected chi connectivity index (χ4v) is 1.66. The van der Waals surface area contributed by atoms with Gasteiger partial charge in [-0.15, -0.1) is 0 Å². The van der Waals surface area contributed by atoms with Gasteiger partial charge in [0.2, 0.25) is 12.0 Å². The molecule has 0 aliphatic heterocycles. The van der Waals surface area contributed by atoms with Crippen LogP contribution < -0.4 is 0 Å². The molecule has 86 valence electrons. The van der Waals surface area contributed by atoms with Crippen molar-refractivity contribution in [3.8, 4) is 0 Å². The Labute approximate surface area is 94.5 Å². The number of hydrogen-bond acceptors (Lipinski definition) is 2. The molecule has 0 saturated heterocycles. The van der Waals surface area contributed by atoms with E-state index in [9.17, 15) is 14.0 Å². The molecule has 2 nitrogen and oxygen atoms in total. The van der Waals surface area contributed by atoms with Crippen molar-refractivity contribution in [3.63, 3.8) is 0 Å². The fourth-order valence-electron chi connectivity index (χ4n) is 1.66. The molecule has 3 heteroatoms. The summed E-state index contributed by atoms with van der Waals surface area (Å²) in [6.07, 6.45) is -1.98. The molecule has 0 aromatic heterocycles. The number of aryl methyl sites for hydroxylation is 2. The van der Waals surface area contributed by atoms with Crippen LogP contribution in [-0.4, -0.2) is 17.7 Å². The summed E-state index contributed by atoms with van der Waals surface area (Å²) < 4.78 is 13.5. The number of rotatable bonds is 4. The SMILES string of the molecule is CCC(=O)C(F)C(=O)c1c(C)cccc1C. The first-order valence-corrected chi connectivity index (χ1v) is 5.26. The monoisotopic (exact) mass is 222 g/mol. The molecule has 0 aliphatic carbocycles. The van der Waals surface area contributed by atoms with Crippen LogP contribution in [0.2, 0.25) is 0 Å². The summed E-state index contributed by atoms with van der Waals surface area (Å²) in [5.41, 5.74) is 1.74. The lowest BCUT2D eigenvalue weighted by molar-refractivity contribution is -0.121. The maximum atomic E-state index is 13.5. The Bertz CT molecular complexity index is 404. The first kappa shape index (κ1) is 12.6. The maximum Gasteiger partial charge on any atom is 0.220 e. The topological polar surface area (TPSA) is 34.1 Å². The minimum absolute atomic E-state index is 0.0395. The molecular formula is C13H15FO2. The highest BCUT2D eigenvalue weighted by molar-refractivity contribution is 6.14. The molecule has 1 atom stereocenters. The van der Waals surface area contributed by atoms with Crippen LogP contribution >= 0.6 is 0 Å². The Morgan fingerprint density at radius 1 is 1.25 bits per heavy atom. The predicted molar refractivity (Wildman–Crippen MR) is 60.4 cm³/mol. The second-order valence-corrected chi connectivity index (χ2v) is 3.81. The number of benzene rings is 1. The fraction of sp³-hybridized carbons (Fsp3) is 0.385. The number of Topliss-reactive ketones (excluding diaryl/α,β-unsaturated/α-hetero) is 2. The molecule has 0 spiro atoms. The van der Waals surface area contributed by atoms with Gasteiger partial charge in [0.25, 0.3) is 0 Å². The molecule has 1 aromatic rings. The van der Waals surface area contributed by atoms with Gasteiger partial charge < -0.3 is 0 Å². The van der Waals surface area contributed by atoms with E-state index in [4.69, 9.17) is 0 Å². The van der Waals surface area contributed by atoms with Gasteiger partial charge in [0.15, 0.2) is 5.78 Å². The van der Waals surface area contributed by atoms with Gasteiger partial charge in [-0.3, -0.25) is 9.59 Å². The minimum Gasteiger partial charge on any atom is -0.296 e. The third-order valence-corrected chi connectivity index (χ3v) is 2.59. The van der Waals surface area contributed by atoms with Crippen molar-refractivity contribution < 1.29 is 14.0 Å². The van der Waals surface area contributed by atoms with Crippen molar-refractivity contribution in [2.75, 3.05) is 0 Å². The van der Waals surface area contributed by atoms with E-state index in [0.29, 0.717) is 16.7 Å². The van der Waals surface area contributed by atoms with E-state index in [2.05, 4.69) is 0 Å². The molecule has 0 saturated carbocycles. The molecule has 1 rings (SSSR count). The molecule has 0 fully saturated rings. The second-order valence-electron chi connectivity index (χ2n) is 3.81. The van der Waals surface area contributed by atoms with Crippen LogP contribution in [-0.2, 0) is 4.79 Å². The van der Waals surface area contributed by atoms with Crippen molar-refractivity contribution in [1.82, 2.24) is 0 Å². The summed E-state index contributed by atoms with van der Waals surface area (Å²) in [7, 11) is 0. The van der Waals surface area contributed by atoms with E-state index < -0.39 is 17.7 Å². The Hall–Kier alpha value is -1.51. The summed E-state index contributed by atoms with van der Waals surface area (Å²) in [6, 6.07) is 5.28. The first-order chi connectivity index (χ1) is 7.49. The molecule has 0 N–H and O–H groups in total. The third kappa shape index (κ3) is 2.35. The van der Waals surface area contributed by atoms with E-state index in [1.165, 1.54) is 0 Å². The van der Waals surface area contributed by atoms with Gasteiger partial charge in [0.1, 0.15) is 0 Å². The summed E-state index contributed by atoms with van der Waals surface area (Å²) in [5.74, 6) is -1.38. The van der Waals surface area contributed by atoms with Crippen LogP contribution in [0, 0.1) is 13.8 Å². The van der Waals surface area contributed by atoms with E-state index in [-0.39, 0.29) is 6.42 Å². The summed E-state index contributed by atoms with van der Waals surface area (Å²) >= 11 is 0. The number of halogens is 1.